The zero-order valence-corrected chi connectivity index (χ0v) is 18.7. The molecule has 0 aliphatic carbocycles. The maximum atomic E-state index is 12.6. The van der Waals surface area contributed by atoms with Crippen LogP contribution in [0.25, 0.3) is 0 Å². The van der Waals surface area contributed by atoms with Gasteiger partial charge in [-0.25, -0.2) is 9.59 Å². The van der Waals surface area contributed by atoms with Crippen molar-refractivity contribution < 1.29 is 29.0 Å². The molecular weight excluding hydrogens is 402 g/mol. The molecule has 0 aliphatic rings. The largest absolute Gasteiger partial charge is 0.480 e. The number of hydrogen-bond donors (Lipinski definition) is 4. The van der Waals surface area contributed by atoms with Gasteiger partial charge in [-0.3, -0.25) is 9.59 Å². The van der Waals surface area contributed by atoms with Crippen molar-refractivity contribution in [2.75, 3.05) is 0 Å². The van der Waals surface area contributed by atoms with E-state index in [1.165, 1.54) is 6.92 Å². The lowest BCUT2D eigenvalue weighted by Crippen LogP contribution is -2.56. The number of hydrogen-bond acceptors (Lipinski definition) is 5. The molecule has 0 aromatic heterocycles. The number of aliphatic carboxylic acids is 1. The number of amides is 3. The van der Waals surface area contributed by atoms with E-state index in [-0.39, 0.29) is 24.9 Å². The summed E-state index contributed by atoms with van der Waals surface area (Å²) < 4.78 is 5.15. The van der Waals surface area contributed by atoms with Crippen LogP contribution in [0.2, 0.25) is 0 Å². The van der Waals surface area contributed by atoms with Crippen LogP contribution in [0.15, 0.2) is 30.3 Å². The number of carboxylic acids is 1. The second kappa shape index (κ2) is 12.6. The molecule has 4 N–H and O–H groups in total. The zero-order valence-electron chi connectivity index (χ0n) is 18.7. The fourth-order valence-corrected chi connectivity index (χ4v) is 2.79. The molecule has 0 heterocycles. The van der Waals surface area contributed by atoms with Crippen molar-refractivity contribution in [3.05, 3.63) is 35.9 Å². The zero-order chi connectivity index (χ0) is 23.6. The molecule has 0 fully saturated rings. The van der Waals surface area contributed by atoms with Crippen molar-refractivity contribution in [1.29, 1.82) is 0 Å². The van der Waals surface area contributed by atoms with Crippen molar-refractivity contribution >= 4 is 23.9 Å². The highest BCUT2D eigenvalue weighted by Gasteiger charge is 2.29. The van der Waals surface area contributed by atoms with E-state index < -0.39 is 42.0 Å². The van der Waals surface area contributed by atoms with Crippen LogP contribution in [0.4, 0.5) is 4.79 Å². The van der Waals surface area contributed by atoms with Gasteiger partial charge in [0.1, 0.15) is 24.7 Å². The highest BCUT2D eigenvalue weighted by molar-refractivity contribution is 5.92. The van der Waals surface area contributed by atoms with E-state index >= 15 is 0 Å². The van der Waals surface area contributed by atoms with Crippen LogP contribution in [0.3, 0.4) is 0 Å². The van der Waals surface area contributed by atoms with E-state index in [1.807, 2.05) is 44.2 Å². The molecule has 9 heteroatoms. The van der Waals surface area contributed by atoms with Gasteiger partial charge >= 0.3 is 12.1 Å². The van der Waals surface area contributed by atoms with Crippen molar-refractivity contribution in [3.63, 3.8) is 0 Å². The number of carboxylic acid groups (broad SMARTS) is 1. The van der Waals surface area contributed by atoms with Gasteiger partial charge in [0.05, 0.1) is 0 Å². The first-order valence-electron chi connectivity index (χ1n) is 10.3. The number of benzene rings is 1. The van der Waals surface area contributed by atoms with Gasteiger partial charge in [0.15, 0.2) is 0 Å². The molecule has 31 heavy (non-hydrogen) atoms. The third-order valence-electron chi connectivity index (χ3n) is 4.51. The molecule has 3 atom stereocenters. The summed E-state index contributed by atoms with van der Waals surface area (Å²) in [6.07, 6.45) is -0.483. The van der Waals surface area contributed by atoms with Gasteiger partial charge in [-0.1, -0.05) is 58.0 Å². The molecule has 0 aliphatic heterocycles. The van der Waals surface area contributed by atoms with Crippen LogP contribution < -0.4 is 16.0 Å². The summed E-state index contributed by atoms with van der Waals surface area (Å²) in [5.41, 5.74) is 0.808. The first kappa shape index (κ1) is 25.9. The first-order valence-corrected chi connectivity index (χ1v) is 10.3. The van der Waals surface area contributed by atoms with Crippen molar-refractivity contribution in [2.24, 2.45) is 11.8 Å². The Morgan fingerprint density at radius 2 is 1.52 bits per heavy atom. The van der Waals surface area contributed by atoms with Crippen LogP contribution >= 0.6 is 0 Å². The number of nitrogens with one attached hydrogen (secondary N) is 3. The molecule has 172 valence electrons. The van der Waals surface area contributed by atoms with E-state index in [4.69, 9.17) is 4.74 Å². The first-order chi connectivity index (χ1) is 14.5. The van der Waals surface area contributed by atoms with Gasteiger partial charge < -0.3 is 25.8 Å². The lowest BCUT2D eigenvalue weighted by atomic mass is 10.0. The molecule has 0 saturated heterocycles. The Bertz CT molecular complexity index is 751. The summed E-state index contributed by atoms with van der Waals surface area (Å²) in [6.45, 7) is 8.70. The third kappa shape index (κ3) is 9.50. The van der Waals surface area contributed by atoms with Gasteiger partial charge in [-0.2, -0.15) is 0 Å². The fraction of sp³-hybridized carbons (Fsp3) is 0.545. The Balaban J connectivity index is 2.63. The highest BCUT2D eigenvalue weighted by Crippen LogP contribution is 2.07. The number of rotatable bonds is 11. The quantitative estimate of drug-likeness (QED) is 0.420. The standard InChI is InChI=1S/C22H33N3O6/c1-13(2)11-17(21(28)29)24-19(26)15(5)23-20(27)18(14(3)4)25-22(30)31-12-16-9-7-6-8-10-16/h6-10,13-15,17-18H,11-12H2,1-5H3,(H,23,27)(H,24,26)(H,25,30)(H,28,29)/t15-,17-,18-/m0/s1. The van der Waals surface area contributed by atoms with Crippen LogP contribution in [0.1, 0.15) is 46.6 Å². The lowest BCUT2D eigenvalue weighted by Gasteiger charge is -2.24. The molecule has 1 aromatic rings. The smallest absolute Gasteiger partial charge is 0.408 e. The summed E-state index contributed by atoms with van der Waals surface area (Å²) in [4.78, 5) is 48.4. The Hall–Kier alpha value is -3.10. The summed E-state index contributed by atoms with van der Waals surface area (Å²) in [6, 6.07) is 6.16. The molecule has 0 unspecified atom stereocenters. The second-order valence-electron chi connectivity index (χ2n) is 8.19. The summed E-state index contributed by atoms with van der Waals surface area (Å²) in [5, 5.41) is 16.7. The predicted molar refractivity (Wildman–Crippen MR) is 115 cm³/mol. The van der Waals surface area contributed by atoms with Crippen LogP contribution in [0.5, 0.6) is 0 Å². The van der Waals surface area contributed by atoms with Gasteiger partial charge in [0.2, 0.25) is 11.8 Å². The molecular formula is C22H33N3O6. The van der Waals surface area contributed by atoms with Crippen molar-refractivity contribution in [1.82, 2.24) is 16.0 Å². The SMILES string of the molecule is CC(C)C[C@H](NC(=O)[C@H](C)NC(=O)[C@@H](NC(=O)OCc1ccccc1)C(C)C)C(=O)O. The van der Waals surface area contributed by atoms with E-state index in [1.54, 1.807) is 13.8 Å². The third-order valence-corrected chi connectivity index (χ3v) is 4.51. The number of alkyl carbamates (subject to hydrolysis) is 1. The minimum Gasteiger partial charge on any atom is -0.480 e. The Morgan fingerprint density at radius 3 is 2.03 bits per heavy atom. The average Bonchev–Trinajstić information content (AvgIpc) is 2.69. The van der Waals surface area contributed by atoms with Gasteiger partial charge in [0, 0.05) is 0 Å². The van der Waals surface area contributed by atoms with E-state index in [9.17, 15) is 24.3 Å². The molecule has 0 saturated carbocycles. The second-order valence-corrected chi connectivity index (χ2v) is 8.19. The topological polar surface area (TPSA) is 134 Å². The number of ether oxygens (including phenoxy) is 1. The Morgan fingerprint density at radius 1 is 0.903 bits per heavy atom. The van der Waals surface area contributed by atoms with E-state index in [0.29, 0.717) is 0 Å². The minimum atomic E-state index is -1.14. The molecule has 3 amide bonds. The summed E-state index contributed by atoms with van der Waals surface area (Å²) in [5.74, 6) is -2.51. The predicted octanol–water partition coefficient (Wildman–Crippen LogP) is 2.06. The molecule has 0 radical (unpaired) electrons. The summed E-state index contributed by atoms with van der Waals surface area (Å²) >= 11 is 0. The van der Waals surface area contributed by atoms with Gasteiger partial charge in [-0.15, -0.1) is 0 Å². The van der Waals surface area contributed by atoms with E-state index in [2.05, 4.69) is 16.0 Å². The average molecular weight is 436 g/mol. The summed E-state index contributed by atoms with van der Waals surface area (Å²) in [7, 11) is 0. The maximum Gasteiger partial charge on any atom is 0.408 e. The van der Waals surface area contributed by atoms with Crippen molar-refractivity contribution in [3.8, 4) is 0 Å². The van der Waals surface area contributed by atoms with Gasteiger partial charge in [0.25, 0.3) is 0 Å². The van der Waals surface area contributed by atoms with Crippen molar-refractivity contribution in [2.45, 2.75) is 65.8 Å². The minimum absolute atomic E-state index is 0.0599. The lowest BCUT2D eigenvalue weighted by molar-refractivity contribution is -0.142. The molecule has 1 aromatic carbocycles. The van der Waals surface area contributed by atoms with Crippen LogP contribution in [0, 0.1) is 11.8 Å². The highest BCUT2D eigenvalue weighted by atomic mass is 16.5. The Kier molecular flexibility index (Phi) is 10.5. The van der Waals surface area contributed by atoms with Crippen LogP contribution in [-0.2, 0) is 25.7 Å². The van der Waals surface area contributed by atoms with Crippen LogP contribution in [-0.4, -0.2) is 47.1 Å². The molecule has 0 bridgehead atoms. The fourth-order valence-electron chi connectivity index (χ4n) is 2.79. The number of carbonyl (C=O) groups excluding carboxylic acids is 3. The van der Waals surface area contributed by atoms with Gasteiger partial charge in [-0.05, 0) is 30.7 Å². The monoisotopic (exact) mass is 435 g/mol. The van der Waals surface area contributed by atoms with E-state index in [0.717, 1.165) is 5.56 Å². The molecule has 1 rings (SSSR count). The number of carbonyl (C=O) groups is 4. The normalized spacial score (nSPS) is 13.8. The maximum absolute atomic E-state index is 12.6. The molecule has 0 spiro atoms. The molecule has 9 nitrogen and oxygen atoms in total. The Labute approximate surface area is 182 Å².